The maximum atomic E-state index is 12.4. The molecule has 0 amide bonds. The Hall–Kier alpha value is -2.02. The highest BCUT2D eigenvalue weighted by Gasteiger charge is 2.30. The zero-order valence-corrected chi connectivity index (χ0v) is 11.9. The van der Waals surface area contributed by atoms with Crippen molar-refractivity contribution < 1.29 is 27.8 Å². The van der Waals surface area contributed by atoms with Gasteiger partial charge in [0, 0.05) is 4.47 Å². The predicted octanol–water partition coefficient (Wildman–Crippen LogP) is 4.96. The molecule has 7 heteroatoms. The minimum atomic E-state index is -4.43. The molecule has 0 aliphatic carbocycles. The SMILES string of the molecule is O=C(O)c1c(Br)cccc1Oc1ccc(C(F)(F)F)cc1. The maximum absolute atomic E-state index is 12.4. The van der Waals surface area contributed by atoms with Gasteiger partial charge in [0.2, 0.25) is 0 Å². The van der Waals surface area contributed by atoms with Crippen molar-refractivity contribution in [2.75, 3.05) is 0 Å². The van der Waals surface area contributed by atoms with Gasteiger partial charge < -0.3 is 9.84 Å². The van der Waals surface area contributed by atoms with Crippen molar-refractivity contribution in [2.24, 2.45) is 0 Å². The molecule has 0 fully saturated rings. The second-order valence-corrected chi connectivity index (χ2v) is 4.90. The van der Waals surface area contributed by atoms with Crippen LogP contribution in [-0.2, 0) is 6.18 Å². The van der Waals surface area contributed by atoms with Crippen molar-refractivity contribution in [3.63, 3.8) is 0 Å². The number of rotatable bonds is 3. The average molecular weight is 361 g/mol. The quantitative estimate of drug-likeness (QED) is 0.841. The molecule has 0 atom stereocenters. The molecule has 1 N–H and O–H groups in total. The molecule has 0 heterocycles. The summed E-state index contributed by atoms with van der Waals surface area (Å²) in [7, 11) is 0. The van der Waals surface area contributed by atoms with Crippen LogP contribution in [0.4, 0.5) is 13.2 Å². The minimum absolute atomic E-state index is 0.0385. The van der Waals surface area contributed by atoms with Crippen LogP contribution in [-0.4, -0.2) is 11.1 Å². The monoisotopic (exact) mass is 360 g/mol. The molecule has 0 spiro atoms. The van der Waals surface area contributed by atoms with E-state index in [-0.39, 0.29) is 17.1 Å². The van der Waals surface area contributed by atoms with Gasteiger partial charge in [-0.1, -0.05) is 6.07 Å². The highest BCUT2D eigenvalue weighted by Crippen LogP contribution is 2.33. The molecule has 2 aromatic carbocycles. The molecule has 0 unspecified atom stereocenters. The number of benzene rings is 2. The Kier molecular flexibility index (Phi) is 4.22. The van der Waals surface area contributed by atoms with E-state index in [0.29, 0.717) is 4.47 Å². The van der Waals surface area contributed by atoms with Crippen LogP contribution < -0.4 is 4.74 Å². The van der Waals surface area contributed by atoms with Gasteiger partial charge in [0.25, 0.3) is 0 Å². The van der Waals surface area contributed by atoms with E-state index >= 15 is 0 Å². The Balaban J connectivity index is 2.31. The smallest absolute Gasteiger partial charge is 0.416 e. The fraction of sp³-hybridized carbons (Fsp3) is 0.0714. The third-order valence-electron chi connectivity index (χ3n) is 2.60. The minimum Gasteiger partial charge on any atom is -0.478 e. The second kappa shape index (κ2) is 5.77. The van der Waals surface area contributed by atoms with Gasteiger partial charge >= 0.3 is 12.1 Å². The molecule has 0 bridgehead atoms. The third-order valence-corrected chi connectivity index (χ3v) is 3.26. The molecular weight excluding hydrogens is 353 g/mol. The first-order chi connectivity index (χ1) is 9.79. The van der Waals surface area contributed by atoms with Gasteiger partial charge in [0.15, 0.2) is 0 Å². The highest BCUT2D eigenvalue weighted by atomic mass is 79.9. The molecule has 2 aromatic rings. The number of hydrogen-bond donors (Lipinski definition) is 1. The molecule has 0 aliphatic rings. The van der Waals surface area contributed by atoms with Crippen molar-refractivity contribution in [2.45, 2.75) is 6.18 Å². The number of carboxylic acids is 1. The second-order valence-electron chi connectivity index (χ2n) is 4.04. The Morgan fingerprint density at radius 1 is 1.10 bits per heavy atom. The lowest BCUT2D eigenvalue weighted by Crippen LogP contribution is -2.04. The van der Waals surface area contributed by atoms with Crippen molar-refractivity contribution in [1.82, 2.24) is 0 Å². The number of alkyl halides is 3. The van der Waals surface area contributed by atoms with E-state index in [2.05, 4.69) is 15.9 Å². The Morgan fingerprint density at radius 3 is 2.24 bits per heavy atom. The molecular formula is C14H8BrF3O3. The van der Waals surface area contributed by atoms with Gasteiger partial charge in [-0.2, -0.15) is 13.2 Å². The van der Waals surface area contributed by atoms with E-state index in [4.69, 9.17) is 9.84 Å². The Labute approximate surface area is 126 Å². The van der Waals surface area contributed by atoms with Gasteiger partial charge in [-0.15, -0.1) is 0 Å². The number of hydrogen-bond acceptors (Lipinski definition) is 2. The Morgan fingerprint density at radius 2 is 1.71 bits per heavy atom. The van der Waals surface area contributed by atoms with E-state index in [9.17, 15) is 18.0 Å². The molecule has 0 radical (unpaired) electrons. The molecule has 3 nitrogen and oxygen atoms in total. The van der Waals surface area contributed by atoms with Crippen LogP contribution in [0.15, 0.2) is 46.9 Å². The number of aromatic carboxylic acids is 1. The maximum Gasteiger partial charge on any atom is 0.416 e. The number of carbonyl (C=O) groups is 1. The molecule has 110 valence electrons. The van der Waals surface area contributed by atoms with Crippen LogP contribution in [0.3, 0.4) is 0 Å². The molecule has 0 aliphatic heterocycles. The molecule has 21 heavy (non-hydrogen) atoms. The fourth-order valence-corrected chi connectivity index (χ4v) is 2.15. The molecule has 0 saturated carbocycles. The summed E-state index contributed by atoms with van der Waals surface area (Å²) in [6.07, 6.45) is -4.43. The first-order valence-electron chi connectivity index (χ1n) is 5.66. The third kappa shape index (κ3) is 3.55. The number of ether oxygens (including phenoxy) is 1. The van der Waals surface area contributed by atoms with Crippen LogP contribution in [0.25, 0.3) is 0 Å². The van der Waals surface area contributed by atoms with Crippen molar-refractivity contribution in [3.8, 4) is 11.5 Å². The summed E-state index contributed by atoms with van der Waals surface area (Å²) in [5.74, 6) is -1.05. The standard InChI is InChI=1S/C14H8BrF3O3/c15-10-2-1-3-11(12(10)13(19)20)21-9-6-4-8(5-7-9)14(16,17)18/h1-7H,(H,19,20). The van der Waals surface area contributed by atoms with Gasteiger partial charge in [0.1, 0.15) is 17.1 Å². The van der Waals surface area contributed by atoms with Crippen LogP contribution in [0, 0.1) is 0 Å². The molecule has 0 saturated heterocycles. The summed E-state index contributed by atoms with van der Waals surface area (Å²) < 4.78 is 43.0. The lowest BCUT2D eigenvalue weighted by atomic mass is 10.2. The Bertz CT molecular complexity index is 666. The van der Waals surface area contributed by atoms with Crippen LogP contribution in [0.5, 0.6) is 11.5 Å². The molecule has 2 rings (SSSR count). The number of carboxylic acid groups (broad SMARTS) is 1. The van der Waals surface area contributed by atoms with Crippen LogP contribution in [0.1, 0.15) is 15.9 Å². The topological polar surface area (TPSA) is 46.5 Å². The van der Waals surface area contributed by atoms with Crippen molar-refractivity contribution in [3.05, 3.63) is 58.1 Å². The normalized spacial score (nSPS) is 11.2. The summed E-state index contributed by atoms with van der Waals surface area (Å²) in [5.41, 5.74) is -0.903. The van der Waals surface area contributed by atoms with E-state index in [1.165, 1.54) is 12.1 Å². The van der Waals surface area contributed by atoms with Crippen LogP contribution >= 0.6 is 15.9 Å². The van der Waals surface area contributed by atoms with E-state index in [0.717, 1.165) is 24.3 Å². The number of halogens is 4. The lowest BCUT2D eigenvalue weighted by Gasteiger charge is -2.11. The molecule has 0 aromatic heterocycles. The van der Waals surface area contributed by atoms with Gasteiger partial charge in [0.05, 0.1) is 5.56 Å². The van der Waals surface area contributed by atoms with Crippen molar-refractivity contribution >= 4 is 21.9 Å². The van der Waals surface area contributed by atoms with E-state index < -0.39 is 17.7 Å². The summed E-state index contributed by atoms with van der Waals surface area (Å²) in [5, 5.41) is 9.12. The summed E-state index contributed by atoms with van der Waals surface area (Å²) in [6.45, 7) is 0. The first kappa shape index (κ1) is 15.4. The summed E-state index contributed by atoms with van der Waals surface area (Å²) >= 11 is 3.09. The van der Waals surface area contributed by atoms with E-state index in [1.54, 1.807) is 6.07 Å². The van der Waals surface area contributed by atoms with Gasteiger partial charge in [-0.3, -0.25) is 0 Å². The largest absolute Gasteiger partial charge is 0.478 e. The fourth-order valence-electron chi connectivity index (χ4n) is 1.64. The zero-order valence-electron chi connectivity index (χ0n) is 10.3. The summed E-state index contributed by atoms with van der Waals surface area (Å²) in [4.78, 5) is 11.2. The predicted molar refractivity (Wildman–Crippen MR) is 72.6 cm³/mol. The highest BCUT2D eigenvalue weighted by molar-refractivity contribution is 9.10. The summed E-state index contributed by atoms with van der Waals surface area (Å²) in [6, 6.07) is 8.52. The first-order valence-corrected chi connectivity index (χ1v) is 6.45. The van der Waals surface area contributed by atoms with Crippen molar-refractivity contribution in [1.29, 1.82) is 0 Å². The van der Waals surface area contributed by atoms with E-state index in [1.807, 2.05) is 0 Å². The van der Waals surface area contributed by atoms with Gasteiger partial charge in [-0.25, -0.2) is 4.79 Å². The van der Waals surface area contributed by atoms with Gasteiger partial charge in [-0.05, 0) is 52.3 Å². The average Bonchev–Trinajstić information content (AvgIpc) is 2.38. The zero-order chi connectivity index (χ0) is 15.6. The van der Waals surface area contributed by atoms with Crippen LogP contribution in [0.2, 0.25) is 0 Å². The lowest BCUT2D eigenvalue weighted by molar-refractivity contribution is -0.137.